The summed E-state index contributed by atoms with van der Waals surface area (Å²) in [6.07, 6.45) is 0.961. The molecule has 1 N–H and O–H groups in total. The van der Waals surface area contributed by atoms with Crippen molar-refractivity contribution in [2.45, 2.75) is 27.4 Å². The van der Waals surface area contributed by atoms with Gasteiger partial charge in [0.15, 0.2) is 0 Å². The second-order valence-electron chi connectivity index (χ2n) is 6.11. The summed E-state index contributed by atoms with van der Waals surface area (Å²) in [4.78, 5) is 24.3. The van der Waals surface area contributed by atoms with Crippen molar-refractivity contribution in [3.8, 4) is 0 Å². The highest BCUT2D eigenvalue weighted by molar-refractivity contribution is 7.88. The third-order valence-corrected chi connectivity index (χ3v) is 5.46. The van der Waals surface area contributed by atoms with E-state index in [4.69, 9.17) is 4.74 Å². The lowest BCUT2D eigenvalue weighted by molar-refractivity contribution is -0.141. The van der Waals surface area contributed by atoms with E-state index in [1.165, 1.54) is 13.8 Å². The molecule has 1 heterocycles. The summed E-state index contributed by atoms with van der Waals surface area (Å²) in [7, 11) is -3.80. The molecule has 1 unspecified atom stereocenters. The van der Waals surface area contributed by atoms with Gasteiger partial charge in [0.25, 0.3) is 0 Å². The molecule has 140 valence electrons. The van der Waals surface area contributed by atoms with Crippen LogP contribution >= 0.6 is 0 Å². The Morgan fingerprint density at radius 2 is 1.65 bits per heavy atom. The van der Waals surface area contributed by atoms with E-state index >= 15 is 0 Å². The molecule has 0 aliphatic carbocycles. The van der Waals surface area contributed by atoms with Gasteiger partial charge >= 0.3 is 11.9 Å². The fraction of sp³-hybridized carbons (Fsp3) is 0.333. The summed E-state index contributed by atoms with van der Waals surface area (Å²) in [5, 5.41) is 9.50. The Hall–Kier alpha value is -2.61. The standard InChI is InChI=1S/C18H21NO6S/c1-11-15(17(20)21)12(2)19(26(4,23)24)13(3)16(11)18(22)25-10-14-8-6-5-7-9-14/h5-9,11H,10H2,1-4H3,(H,20,21). The van der Waals surface area contributed by atoms with Crippen LogP contribution in [0.4, 0.5) is 0 Å². The Morgan fingerprint density at radius 3 is 2.15 bits per heavy atom. The van der Waals surface area contributed by atoms with E-state index in [1.807, 2.05) is 6.07 Å². The highest BCUT2D eigenvalue weighted by atomic mass is 32.2. The molecule has 0 fully saturated rings. The van der Waals surface area contributed by atoms with Crippen molar-refractivity contribution in [2.24, 2.45) is 5.92 Å². The molecule has 7 nitrogen and oxygen atoms in total. The fourth-order valence-electron chi connectivity index (χ4n) is 3.20. The predicted molar refractivity (Wildman–Crippen MR) is 95.1 cm³/mol. The van der Waals surface area contributed by atoms with Crippen LogP contribution in [0.3, 0.4) is 0 Å². The molecule has 8 heteroatoms. The first-order valence-corrected chi connectivity index (χ1v) is 9.76. The van der Waals surface area contributed by atoms with Crippen molar-refractivity contribution in [3.05, 3.63) is 58.4 Å². The van der Waals surface area contributed by atoms with E-state index in [0.717, 1.165) is 16.1 Å². The molecule has 1 aliphatic rings. The summed E-state index contributed by atoms with van der Waals surface area (Å²) in [5.41, 5.74) is 0.875. The van der Waals surface area contributed by atoms with Crippen LogP contribution in [0.25, 0.3) is 0 Å². The summed E-state index contributed by atoms with van der Waals surface area (Å²) < 4.78 is 30.5. The van der Waals surface area contributed by atoms with Crippen LogP contribution < -0.4 is 0 Å². The van der Waals surface area contributed by atoms with E-state index < -0.39 is 27.9 Å². The zero-order chi connectivity index (χ0) is 19.6. The third-order valence-electron chi connectivity index (χ3n) is 4.25. The molecule has 2 rings (SSSR count). The number of sulfonamides is 1. The Balaban J connectivity index is 2.43. The van der Waals surface area contributed by atoms with Crippen molar-refractivity contribution in [1.82, 2.24) is 4.31 Å². The highest BCUT2D eigenvalue weighted by Gasteiger charge is 2.39. The fourth-order valence-corrected chi connectivity index (χ4v) is 4.40. The lowest BCUT2D eigenvalue weighted by atomic mass is 9.87. The van der Waals surface area contributed by atoms with Gasteiger partial charge in [-0.2, -0.15) is 0 Å². The number of hydrogen-bond acceptors (Lipinski definition) is 5. The number of rotatable bonds is 5. The minimum Gasteiger partial charge on any atom is -0.478 e. The Kier molecular flexibility index (Phi) is 5.56. The SMILES string of the molecule is CC1=C(C(=O)O)C(C)C(C(=O)OCc2ccccc2)=C(C)N1S(C)(=O)=O. The number of carbonyl (C=O) groups excluding carboxylic acids is 1. The smallest absolute Gasteiger partial charge is 0.336 e. The second kappa shape index (κ2) is 7.33. The lowest BCUT2D eigenvalue weighted by Gasteiger charge is -2.34. The summed E-state index contributed by atoms with van der Waals surface area (Å²) in [6.45, 7) is 4.44. The van der Waals surface area contributed by atoms with Gasteiger partial charge in [0.05, 0.1) is 17.4 Å². The van der Waals surface area contributed by atoms with Crippen molar-refractivity contribution in [1.29, 1.82) is 0 Å². The summed E-state index contributed by atoms with van der Waals surface area (Å²) >= 11 is 0. The van der Waals surface area contributed by atoms with Gasteiger partial charge in [0, 0.05) is 17.3 Å². The molecule has 1 aromatic rings. The highest BCUT2D eigenvalue weighted by Crippen LogP contribution is 2.37. The van der Waals surface area contributed by atoms with Crippen LogP contribution in [0, 0.1) is 5.92 Å². The number of hydrogen-bond donors (Lipinski definition) is 1. The zero-order valence-corrected chi connectivity index (χ0v) is 15.8. The maximum atomic E-state index is 12.6. The third kappa shape index (κ3) is 3.80. The summed E-state index contributed by atoms with van der Waals surface area (Å²) in [5.74, 6) is -2.81. The van der Waals surface area contributed by atoms with Crippen LogP contribution in [-0.2, 0) is 31.0 Å². The molecule has 26 heavy (non-hydrogen) atoms. The molecule has 0 amide bonds. The minimum atomic E-state index is -3.80. The van der Waals surface area contributed by atoms with Gasteiger partial charge in [0.2, 0.25) is 10.0 Å². The number of carbonyl (C=O) groups is 2. The Bertz CT molecular complexity index is 899. The number of carboxylic acids is 1. The molecule has 0 bridgehead atoms. The first-order valence-electron chi connectivity index (χ1n) is 7.91. The van der Waals surface area contributed by atoms with E-state index in [-0.39, 0.29) is 29.1 Å². The first-order chi connectivity index (χ1) is 12.1. The normalized spacial score (nSPS) is 18.2. The minimum absolute atomic E-state index is 0.00709. The molecule has 1 atom stereocenters. The molecule has 0 saturated heterocycles. The quantitative estimate of drug-likeness (QED) is 0.788. The van der Waals surface area contributed by atoms with E-state index in [2.05, 4.69) is 0 Å². The topological polar surface area (TPSA) is 101 Å². The average Bonchev–Trinajstić information content (AvgIpc) is 2.51. The van der Waals surface area contributed by atoms with Gasteiger partial charge in [-0.25, -0.2) is 22.3 Å². The van der Waals surface area contributed by atoms with Crippen molar-refractivity contribution in [3.63, 3.8) is 0 Å². The summed E-state index contributed by atoms with van der Waals surface area (Å²) in [6, 6.07) is 9.01. The number of nitrogens with zero attached hydrogens (tertiary/aromatic N) is 1. The van der Waals surface area contributed by atoms with E-state index in [1.54, 1.807) is 31.2 Å². The van der Waals surface area contributed by atoms with Crippen molar-refractivity contribution in [2.75, 3.05) is 6.26 Å². The molecule has 1 aliphatic heterocycles. The molecule has 0 saturated carbocycles. The van der Waals surface area contributed by atoms with Crippen molar-refractivity contribution >= 4 is 22.0 Å². The van der Waals surface area contributed by atoms with Crippen LogP contribution in [0.1, 0.15) is 26.3 Å². The van der Waals surface area contributed by atoms with Gasteiger partial charge < -0.3 is 9.84 Å². The van der Waals surface area contributed by atoms with Crippen LogP contribution in [0.15, 0.2) is 52.9 Å². The second-order valence-corrected chi connectivity index (χ2v) is 7.95. The first kappa shape index (κ1) is 19.7. The van der Waals surface area contributed by atoms with Crippen molar-refractivity contribution < 1.29 is 27.9 Å². The number of benzene rings is 1. The number of carboxylic acid groups (broad SMARTS) is 1. The van der Waals surface area contributed by atoms with Crippen LogP contribution in [0.2, 0.25) is 0 Å². The zero-order valence-electron chi connectivity index (χ0n) is 15.0. The van der Waals surface area contributed by atoms with Gasteiger partial charge in [-0.15, -0.1) is 0 Å². The monoisotopic (exact) mass is 379 g/mol. The van der Waals surface area contributed by atoms with Gasteiger partial charge in [0.1, 0.15) is 6.61 Å². The lowest BCUT2D eigenvalue weighted by Crippen LogP contribution is -2.37. The Morgan fingerprint density at radius 1 is 1.12 bits per heavy atom. The molecule has 0 radical (unpaired) electrons. The molecule has 0 aromatic heterocycles. The maximum absolute atomic E-state index is 12.6. The number of aliphatic carboxylic acids is 1. The van der Waals surface area contributed by atoms with E-state index in [0.29, 0.717) is 0 Å². The Labute approximate surface area is 152 Å². The molecule has 0 spiro atoms. The molecule has 1 aromatic carbocycles. The maximum Gasteiger partial charge on any atom is 0.336 e. The van der Waals surface area contributed by atoms with E-state index in [9.17, 15) is 23.1 Å². The van der Waals surface area contributed by atoms with Crippen LogP contribution in [0.5, 0.6) is 0 Å². The molecular formula is C18H21NO6S. The predicted octanol–water partition coefficient (Wildman–Crippen LogP) is 2.27. The number of esters is 1. The molecular weight excluding hydrogens is 358 g/mol. The largest absolute Gasteiger partial charge is 0.478 e. The average molecular weight is 379 g/mol. The van der Waals surface area contributed by atoms with Gasteiger partial charge in [-0.3, -0.25) is 0 Å². The number of ether oxygens (including phenoxy) is 1. The van der Waals surface area contributed by atoms with Crippen LogP contribution in [-0.4, -0.2) is 36.0 Å². The van der Waals surface area contributed by atoms with Gasteiger partial charge in [-0.1, -0.05) is 37.3 Å². The van der Waals surface area contributed by atoms with Gasteiger partial charge in [-0.05, 0) is 19.4 Å². The number of allylic oxidation sites excluding steroid dienone is 2.